The molecule has 1 aromatic rings. The van der Waals surface area contributed by atoms with Crippen molar-refractivity contribution in [2.24, 2.45) is 5.92 Å². The molecule has 1 atom stereocenters. The normalized spacial score (nSPS) is 16.3. The van der Waals surface area contributed by atoms with Gasteiger partial charge in [0.1, 0.15) is 5.75 Å². The molecule has 3 nitrogen and oxygen atoms in total. The summed E-state index contributed by atoms with van der Waals surface area (Å²) >= 11 is -0.892. The maximum absolute atomic E-state index is 12.0. The van der Waals surface area contributed by atoms with Crippen molar-refractivity contribution < 1.29 is 14.1 Å². The molecule has 1 aromatic carbocycles. The van der Waals surface area contributed by atoms with Gasteiger partial charge in [-0.15, -0.1) is 0 Å². The summed E-state index contributed by atoms with van der Waals surface area (Å²) in [5, 5.41) is 0. The zero-order chi connectivity index (χ0) is 13.0. The molecule has 1 aliphatic rings. The number of esters is 1. The van der Waals surface area contributed by atoms with E-state index in [1.165, 1.54) is 12.8 Å². The van der Waals surface area contributed by atoms with Crippen molar-refractivity contribution in [2.45, 2.75) is 31.1 Å². The van der Waals surface area contributed by atoms with Crippen molar-refractivity contribution in [1.82, 2.24) is 0 Å². The Morgan fingerprint density at radius 2 is 2.06 bits per heavy atom. The quantitative estimate of drug-likeness (QED) is 0.586. The highest BCUT2D eigenvalue weighted by molar-refractivity contribution is 7.91. The van der Waals surface area contributed by atoms with Gasteiger partial charge < -0.3 is 9.29 Å². The lowest BCUT2D eigenvalue weighted by molar-refractivity contribution is -0.142. The fourth-order valence-corrected chi connectivity index (χ4v) is 3.13. The van der Waals surface area contributed by atoms with Gasteiger partial charge in [-0.25, -0.2) is 0 Å². The Kier molecular flexibility index (Phi) is 4.66. The van der Waals surface area contributed by atoms with Gasteiger partial charge in [-0.2, -0.15) is 0 Å². The molecule has 2 rings (SSSR count). The Morgan fingerprint density at radius 3 is 2.61 bits per heavy atom. The molecule has 0 saturated heterocycles. The first-order valence-corrected chi connectivity index (χ1v) is 7.64. The molecule has 4 heteroatoms. The summed E-state index contributed by atoms with van der Waals surface area (Å²) in [5.74, 6) is 1.21. The molecule has 98 valence electrons. The summed E-state index contributed by atoms with van der Waals surface area (Å²) in [4.78, 5) is 12.2. The minimum Gasteiger partial charge on any atom is -0.611 e. The molecule has 1 fully saturated rings. The predicted molar refractivity (Wildman–Crippen MR) is 70.8 cm³/mol. The summed E-state index contributed by atoms with van der Waals surface area (Å²) < 4.78 is 16.8. The second-order valence-corrected chi connectivity index (χ2v) is 6.08. The van der Waals surface area contributed by atoms with Gasteiger partial charge in [-0.05, 0) is 48.6 Å². The zero-order valence-electron chi connectivity index (χ0n) is 10.6. The highest BCUT2D eigenvalue weighted by Crippen LogP contribution is 2.32. The van der Waals surface area contributed by atoms with E-state index in [0.29, 0.717) is 12.5 Å². The maximum atomic E-state index is 12.0. The lowest BCUT2D eigenvalue weighted by Gasteiger charge is -2.10. The van der Waals surface area contributed by atoms with Gasteiger partial charge in [0.25, 0.3) is 0 Å². The molecule has 0 aromatic heterocycles. The van der Waals surface area contributed by atoms with E-state index in [4.69, 9.17) is 4.74 Å². The first-order chi connectivity index (χ1) is 8.69. The Hall–Kier alpha value is -1.00. The predicted octanol–water partition coefficient (Wildman–Crippen LogP) is 2.31. The van der Waals surface area contributed by atoms with E-state index in [9.17, 15) is 9.35 Å². The van der Waals surface area contributed by atoms with Gasteiger partial charge in [-0.1, -0.05) is 12.1 Å². The Bertz CT molecular complexity index is 398. The van der Waals surface area contributed by atoms with Crippen molar-refractivity contribution >= 4 is 17.1 Å². The molecule has 0 N–H and O–H groups in total. The second kappa shape index (κ2) is 6.25. The van der Waals surface area contributed by atoms with E-state index in [-0.39, 0.29) is 12.4 Å². The van der Waals surface area contributed by atoms with Gasteiger partial charge in [-0.3, -0.25) is 4.79 Å². The van der Waals surface area contributed by atoms with Crippen LogP contribution >= 0.6 is 0 Å². The number of hydrogen-bond donors (Lipinski definition) is 0. The van der Waals surface area contributed by atoms with E-state index in [0.717, 1.165) is 16.2 Å². The second-order valence-electron chi connectivity index (χ2n) is 4.58. The monoisotopic (exact) mass is 266 g/mol. The van der Waals surface area contributed by atoms with Crippen LogP contribution < -0.4 is 0 Å². The summed E-state index contributed by atoms with van der Waals surface area (Å²) in [6.07, 6.45) is 2.71. The van der Waals surface area contributed by atoms with Crippen LogP contribution in [-0.2, 0) is 27.1 Å². The van der Waals surface area contributed by atoms with Crippen molar-refractivity contribution in [1.29, 1.82) is 0 Å². The van der Waals surface area contributed by atoms with Crippen molar-refractivity contribution in [2.75, 3.05) is 12.4 Å². The Balaban J connectivity index is 1.89. The van der Waals surface area contributed by atoms with Gasteiger partial charge in [0.05, 0.1) is 13.0 Å². The van der Waals surface area contributed by atoms with Crippen LogP contribution in [0.3, 0.4) is 0 Å². The van der Waals surface area contributed by atoms with Crippen molar-refractivity contribution in [3.05, 3.63) is 29.8 Å². The lowest BCUT2D eigenvalue weighted by Crippen LogP contribution is -2.10. The van der Waals surface area contributed by atoms with E-state index in [2.05, 4.69) is 0 Å². The summed E-state index contributed by atoms with van der Waals surface area (Å²) in [5.41, 5.74) is 0.903. The lowest BCUT2D eigenvalue weighted by atomic mass is 10.1. The number of carbonyl (C=O) groups is 1. The third-order valence-corrected chi connectivity index (χ3v) is 4.50. The smallest absolute Gasteiger partial charge is 0.310 e. The molecule has 18 heavy (non-hydrogen) atoms. The number of rotatable bonds is 6. The molecule has 0 radical (unpaired) electrons. The molecule has 1 saturated carbocycles. The van der Waals surface area contributed by atoms with E-state index in [1.54, 1.807) is 6.92 Å². The maximum Gasteiger partial charge on any atom is 0.310 e. The first-order valence-electron chi connectivity index (χ1n) is 6.32. The summed E-state index contributed by atoms with van der Waals surface area (Å²) in [6.45, 7) is 2.20. The minimum absolute atomic E-state index is 0.218. The summed E-state index contributed by atoms with van der Waals surface area (Å²) in [7, 11) is 0. The molecular formula is C14H18O3S. The van der Waals surface area contributed by atoms with Crippen LogP contribution in [0.1, 0.15) is 25.3 Å². The number of ether oxygens (including phenoxy) is 1. The SMILES string of the molecule is CCOC(=O)Cc1ccc([S+]([O-])CC2CC2)cc1. The van der Waals surface area contributed by atoms with Gasteiger partial charge in [0, 0.05) is 5.92 Å². The molecule has 0 spiro atoms. The van der Waals surface area contributed by atoms with Gasteiger partial charge >= 0.3 is 5.97 Å². The average molecular weight is 266 g/mol. The molecule has 1 aliphatic carbocycles. The van der Waals surface area contributed by atoms with Crippen molar-refractivity contribution in [3.8, 4) is 0 Å². The highest BCUT2D eigenvalue weighted by atomic mass is 32.2. The number of hydrogen-bond acceptors (Lipinski definition) is 3. The fourth-order valence-electron chi connectivity index (χ4n) is 1.73. The standard InChI is InChI=1S/C14H18O3S/c1-2-17-14(15)9-11-5-7-13(8-6-11)18(16)10-12-3-4-12/h5-8,12H,2-4,9-10H2,1H3. The molecular weight excluding hydrogens is 248 g/mol. The average Bonchev–Trinajstić information content (AvgIpc) is 3.14. The van der Waals surface area contributed by atoms with Crippen LogP contribution in [-0.4, -0.2) is 22.9 Å². The van der Waals surface area contributed by atoms with Gasteiger partial charge in [0.2, 0.25) is 0 Å². The first kappa shape index (κ1) is 13.4. The number of carbonyl (C=O) groups excluding carboxylic acids is 1. The van der Waals surface area contributed by atoms with Crippen LogP contribution in [0.5, 0.6) is 0 Å². The Morgan fingerprint density at radius 1 is 1.39 bits per heavy atom. The van der Waals surface area contributed by atoms with E-state index < -0.39 is 11.2 Å². The number of benzene rings is 1. The van der Waals surface area contributed by atoms with Crippen LogP contribution in [0.2, 0.25) is 0 Å². The van der Waals surface area contributed by atoms with Crippen LogP contribution in [0.4, 0.5) is 0 Å². The third kappa shape index (κ3) is 4.03. The fraction of sp³-hybridized carbons (Fsp3) is 0.500. The van der Waals surface area contributed by atoms with Crippen LogP contribution in [0.25, 0.3) is 0 Å². The summed E-state index contributed by atoms with van der Waals surface area (Å²) in [6, 6.07) is 7.42. The Labute approximate surface area is 111 Å². The largest absolute Gasteiger partial charge is 0.611 e. The molecule has 0 amide bonds. The van der Waals surface area contributed by atoms with Crippen LogP contribution in [0, 0.1) is 5.92 Å². The van der Waals surface area contributed by atoms with Gasteiger partial charge in [0.15, 0.2) is 4.90 Å². The molecule has 0 heterocycles. The van der Waals surface area contributed by atoms with Crippen LogP contribution in [0.15, 0.2) is 29.2 Å². The van der Waals surface area contributed by atoms with E-state index >= 15 is 0 Å². The van der Waals surface area contributed by atoms with Crippen molar-refractivity contribution in [3.63, 3.8) is 0 Å². The topological polar surface area (TPSA) is 49.4 Å². The zero-order valence-corrected chi connectivity index (χ0v) is 11.4. The minimum atomic E-state index is -0.892. The molecule has 0 aliphatic heterocycles. The van der Waals surface area contributed by atoms with E-state index in [1.807, 2.05) is 24.3 Å². The molecule has 1 unspecified atom stereocenters. The third-order valence-electron chi connectivity index (χ3n) is 2.92. The molecule has 0 bridgehead atoms. The highest BCUT2D eigenvalue weighted by Gasteiger charge is 2.28.